The number of carbonyl (C=O) groups is 2. The van der Waals surface area contributed by atoms with Gasteiger partial charge in [-0.2, -0.15) is 0 Å². The maximum atomic E-state index is 11.9. The molecule has 0 aliphatic heterocycles. The molecule has 118 valence electrons. The van der Waals surface area contributed by atoms with E-state index in [0.29, 0.717) is 5.56 Å². The fourth-order valence-corrected chi connectivity index (χ4v) is 1.55. The molecule has 1 rings (SSSR count). The van der Waals surface area contributed by atoms with Crippen molar-refractivity contribution in [2.24, 2.45) is 0 Å². The summed E-state index contributed by atoms with van der Waals surface area (Å²) in [6, 6.07) is 5.47. The molecule has 5 nitrogen and oxygen atoms in total. The van der Waals surface area contributed by atoms with E-state index in [9.17, 15) is 9.59 Å². The molecule has 0 heterocycles. The summed E-state index contributed by atoms with van der Waals surface area (Å²) in [5.74, 6) is -0.372. The van der Waals surface area contributed by atoms with Gasteiger partial charge >= 0.3 is 6.09 Å². The number of benzene rings is 1. The van der Waals surface area contributed by atoms with E-state index in [2.05, 4.69) is 10.9 Å². The number of aryl methyl sites for hydroxylation is 2. The molecule has 0 bridgehead atoms. The summed E-state index contributed by atoms with van der Waals surface area (Å²) in [5.41, 5.74) is 6.38. The smallest absolute Gasteiger partial charge is 0.426 e. The number of carbonyl (C=O) groups excluding carboxylic acids is 2. The van der Waals surface area contributed by atoms with Crippen LogP contribution in [-0.2, 0) is 4.74 Å². The van der Waals surface area contributed by atoms with Crippen LogP contribution >= 0.6 is 0 Å². The largest absolute Gasteiger partial charge is 0.443 e. The zero-order valence-corrected chi connectivity index (χ0v) is 14.0. The Balaban J connectivity index is 0.00000191. The summed E-state index contributed by atoms with van der Waals surface area (Å²) in [5, 5.41) is 0. The number of hydrogen-bond donors (Lipinski definition) is 2. The Morgan fingerprint density at radius 3 is 2.10 bits per heavy atom. The number of rotatable bonds is 1. The molecule has 0 saturated carbocycles. The summed E-state index contributed by atoms with van der Waals surface area (Å²) >= 11 is 0. The van der Waals surface area contributed by atoms with Gasteiger partial charge in [0, 0.05) is 5.56 Å². The number of ether oxygens (including phenoxy) is 1. The van der Waals surface area contributed by atoms with Crippen molar-refractivity contribution in [3.05, 3.63) is 34.9 Å². The summed E-state index contributed by atoms with van der Waals surface area (Å²) in [6.07, 6.45) is -0.689. The van der Waals surface area contributed by atoms with Gasteiger partial charge in [0.2, 0.25) is 0 Å². The van der Waals surface area contributed by atoms with Crippen molar-refractivity contribution in [3.63, 3.8) is 0 Å². The van der Waals surface area contributed by atoms with Crippen LogP contribution in [-0.4, -0.2) is 17.6 Å². The van der Waals surface area contributed by atoms with Crippen molar-refractivity contribution in [1.29, 1.82) is 0 Å². The average molecular weight is 294 g/mol. The molecule has 0 spiro atoms. The minimum Gasteiger partial charge on any atom is -0.443 e. The minimum atomic E-state index is -0.689. The van der Waals surface area contributed by atoms with Crippen LogP contribution in [0.5, 0.6) is 0 Å². The Kier molecular flexibility index (Phi) is 7.49. The summed E-state index contributed by atoms with van der Waals surface area (Å²) in [6.45, 7) is 13.0. The van der Waals surface area contributed by atoms with Gasteiger partial charge in [-0.1, -0.05) is 31.5 Å². The number of nitrogens with one attached hydrogen (secondary N) is 2. The lowest BCUT2D eigenvalue weighted by Crippen LogP contribution is -2.44. The first kappa shape index (κ1) is 19.0. The van der Waals surface area contributed by atoms with E-state index >= 15 is 0 Å². The Morgan fingerprint density at radius 2 is 1.62 bits per heavy atom. The third-order valence-electron chi connectivity index (χ3n) is 2.30. The van der Waals surface area contributed by atoms with Crippen LogP contribution in [0.4, 0.5) is 4.79 Å². The van der Waals surface area contributed by atoms with Gasteiger partial charge in [0.25, 0.3) is 5.91 Å². The molecule has 0 aromatic heterocycles. The van der Waals surface area contributed by atoms with Crippen LogP contribution in [0.1, 0.15) is 56.1 Å². The van der Waals surface area contributed by atoms with Crippen molar-refractivity contribution in [2.75, 3.05) is 0 Å². The fourth-order valence-electron chi connectivity index (χ4n) is 1.55. The van der Waals surface area contributed by atoms with Gasteiger partial charge in [-0.05, 0) is 46.2 Å². The van der Waals surface area contributed by atoms with Crippen LogP contribution in [0.3, 0.4) is 0 Å². The Bertz CT molecular complexity index is 491. The monoisotopic (exact) mass is 294 g/mol. The zero-order valence-electron chi connectivity index (χ0n) is 14.0. The van der Waals surface area contributed by atoms with Crippen molar-refractivity contribution in [2.45, 2.75) is 54.1 Å². The van der Waals surface area contributed by atoms with E-state index < -0.39 is 11.7 Å². The predicted octanol–water partition coefficient (Wildman–Crippen LogP) is 3.50. The normalized spacial score (nSPS) is 10.0. The molecule has 21 heavy (non-hydrogen) atoms. The summed E-state index contributed by atoms with van der Waals surface area (Å²) in [7, 11) is 0. The SMILES string of the molecule is CC.Cc1ccc(C(=O)NNC(=O)OC(C)(C)C)c(C)c1. The highest BCUT2D eigenvalue weighted by Gasteiger charge is 2.17. The van der Waals surface area contributed by atoms with E-state index in [1.165, 1.54) is 0 Å². The first-order valence-electron chi connectivity index (χ1n) is 7.05. The molecule has 0 saturated heterocycles. The van der Waals surface area contributed by atoms with Gasteiger partial charge in [0.05, 0.1) is 0 Å². The lowest BCUT2D eigenvalue weighted by molar-refractivity contribution is 0.0483. The van der Waals surface area contributed by atoms with Gasteiger partial charge in [0.1, 0.15) is 5.60 Å². The van der Waals surface area contributed by atoms with Gasteiger partial charge < -0.3 is 4.74 Å². The summed E-state index contributed by atoms with van der Waals surface area (Å²) < 4.78 is 5.01. The molecule has 1 aromatic rings. The first-order valence-corrected chi connectivity index (χ1v) is 7.05. The minimum absolute atomic E-state index is 0.372. The van der Waals surface area contributed by atoms with Crippen molar-refractivity contribution in [3.8, 4) is 0 Å². The maximum Gasteiger partial charge on any atom is 0.426 e. The highest BCUT2D eigenvalue weighted by molar-refractivity contribution is 5.96. The lowest BCUT2D eigenvalue weighted by Gasteiger charge is -2.19. The third-order valence-corrected chi connectivity index (χ3v) is 2.30. The zero-order chi connectivity index (χ0) is 16.6. The van der Waals surface area contributed by atoms with Crippen molar-refractivity contribution < 1.29 is 14.3 Å². The van der Waals surface area contributed by atoms with E-state index in [-0.39, 0.29) is 5.91 Å². The molecule has 0 unspecified atom stereocenters. The van der Waals surface area contributed by atoms with Gasteiger partial charge in [-0.3, -0.25) is 10.2 Å². The fraction of sp³-hybridized carbons (Fsp3) is 0.500. The van der Waals surface area contributed by atoms with Crippen LogP contribution in [0.15, 0.2) is 18.2 Å². The molecule has 0 radical (unpaired) electrons. The number of amides is 2. The van der Waals surface area contributed by atoms with Crippen molar-refractivity contribution in [1.82, 2.24) is 10.9 Å². The quantitative estimate of drug-likeness (QED) is 0.779. The molecule has 0 fully saturated rings. The molecule has 0 aliphatic rings. The second-order valence-electron chi connectivity index (χ2n) is 5.40. The van der Waals surface area contributed by atoms with E-state index in [1.807, 2.05) is 39.8 Å². The Morgan fingerprint density at radius 1 is 1.05 bits per heavy atom. The standard InChI is InChI=1S/C14H20N2O3.C2H6/c1-9-6-7-11(10(2)8-9)12(17)15-16-13(18)19-14(3,4)5;1-2/h6-8H,1-5H3,(H,15,17)(H,16,18);1-2H3. The van der Waals surface area contributed by atoms with Gasteiger partial charge in [0.15, 0.2) is 0 Å². The molecular weight excluding hydrogens is 268 g/mol. The molecule has 0 atom stereocenters. The van der Waals surface area contributed by atoms with E-state index in [4.69, 9.17) is 4.74 Å². The number of hydrogen-bond acceptors (Lipinski definition) is 3. The molecule has 2 amide bonds. The predicted molar refractivity (Wildman–Crippen MR) is 84.1 cm³/mol. The van der Waals surface area contributed by atoms with Gasteiger partial charge in [-0.25, -0.2) is 10.2 Å². The van der Waals surface area contributed by atoms with Crippen molar-refractivity contribution >= 4 is 12.0 Å². The van der Waals surface area contributed by atoms with E-state index in [0.717, 1.165) is 11.1 Å². The van der Waals surface area contributed by atoms with Crippen LogP contribution in [0, 0.1) is 13.8 Å². The molecular formula is C16H26N2O3. The van der Waals surface area contributed by atoms with Crippen LogP contribution in [0.25, 0.3) is 0 Å². The summed E-state index contributed by atoms with van der Waals surface area (Å²) in [4.78, 5) is 23.3. The highest BCUT2D eigenvalue weighted by atomic mass is 16.6. The van der Waals surface area contributed by atoms with Crippen LogP contribution < -0.4 is 10.9 Å². The van der Waals surface area contributed by atoms with Gasteiger partial charge in [-0.15, -0.1) is 0 Å². The molecule has 2 N–H and O–H groups in total. The molecule has 0 aliphatic carbocycles. The number of hydrazine groups is 1. The second-order valence-corrected chi connectivity index (χ2v) is 5.40. The first-order chi connectivity index (χ1) is 9.69. The highest BCUT2D eigenvalue weighted by Crippen LogP contribution is 2.10. The average Bonchev–Trinajstić information content (AvgIpc) is 2.36. The lowest BCUT2D eigenvalue weighted by atomic mass is 10.1. The molecule has 1 aromatic carbocycles. The Hall–Kier alpha value is -2.04. The Labute approximate surface area is 127 Å². The molecule has 5 heteroatoms. The third kappa shape index (κ3) is 7.34. The van der Waals surface area contributed by atoms with Crippen LogP contribution in [0.2, 0.25) is 0 Å². The topological polar surface area (TPSA) is 67.4 Å². The maximum absolute atomic E-state index is 11.9. The second kappa shape index (κ2) is 8.29. The van der Waals surface area contributed by atoms with E-state index in [1.54, 1.807) is 26.8 Å².